The summed E-state index contributed by atoms with van der Waals surface area (Å²) >= 11 is 0. The normalized spacial score (nSPS) is 15.3. The largest absolute Gasteiger partial charge is 0.372 e. The molecule has 0 saturated carbocycles. The molecule has 26 heavy (non-hydrogen) atoms. The van der Waals surface area contributed by atoms with E-state index in [1.807, 2.05) is 36.4 Å². The van der Waals surface area contributed by atoms with Crippen molar-refractivity contribution in [1.29, 1.82) is 0 Å². The maximum absolute atomic E-state index is 12.3. The fourth-order valence-corrected chi connectivity index (χ4v) is 3.39. The van der Waals surface area contributed by atoms with E-state index in [1.54, 1.807) is 4.68 Å². The molecule has 0 radical (unpaired) electrons. The molecule has 6 nitrogen and oxygen atoms in total. The summed E-state index contributed by atoms with van der Waals surface area (Å²) in [6.45, 7) is 4.67. The van der Waals surface area contributed by atoms with Gasteiger partial charge in [-0.25, -0.2) is 4.68 Å². The predicted molar refractivity (Wildman–Crippen MR) is 103 cm³/mol. The van der Waals surface area contributed by atoms with Crippen molar-refractivity contribution in [3.63, 3.8) is 0 Å². The van der Waals surface area contributed by atoms with E-state index in [2.05, 4.69) is 39.6 Å². The summed E-state index contributed by atoms with van der Waals surface area (Å²) in [4.78, 5) is 14.7. The van der Waals surface area contributed by atoms with Crippen LogP contribution in [0.15, 0.2) is 48.5 Å². The molecule has 2 heterocycles. The number of rotatable bonds is 4. The topological polar surface area (TPSA) is 63.1 Å². The van der Waals surface area contributed by atoms with Crippen molar-refractivity contribution in [1.82, 2.24) is 15.0 Å². The van der Waals surface area contributed by atoms with Crippen LogP contribution in [0.3, 0.4) is 0 Å². The molecule has 134 valence electrons. The Balaban J connectivity index is 1.38. The molecule has 6 heteroatoms. The fourth-order valence-electron chi connectivity index (χ4n) is 3.39. The summed E-state index contributed by atoms with van der Waals surface area (Å²) in [6, 6.07) is 15.7. The van der Waals surface area contributed by atoms with Gasteiger partial charge in [0.15, 0.2) is 0 Å². The molecule has 0 spiro atoms. The molecule has 3 aromatic rings. The SMILES string of the molecule is CC1CCN(c2ccc(NC(=O)Cn3nnc4ccccc43)cc2)CC1. The Hall–Kier alpha value is -2.89. The minimum atomic E-state index is -0.111. The van der Waals surface area contributed by atoms with Gasteiger partial charge in [0.05, 0.1) is 5.52 Å². The highest BCUT2D eigenvalue weighted by molar-refractivity contribution is 5.91. The van der Waals surface area contributed by atoms with Crippen LogP contribution in [-0.2, 0) is 11.3 Å². The Morgan fingerprint density at radius 1 is 1.12 bits per heavy atom. The maximum Gasteiger partial charge on any atom is 0.246 e. The molecule has 0 unspecified atom stereocenters. The Labute approximate surface area is 152 Å². The van der Waals surface area contributed by atoms with Gasteiger partial charge in [-0.3, -0.25) is 4.79 Å². The van der Waals surface area contributed by atoms with Gasteiger partial charge in [0, 0.05) is 24.5 Å². The molecule has 1 aromatic heterocycles. The van der Waals surface area contributed by atoms with Gasteiger partial charge in [-0.15, -0.1) is 5.10 Å². The van der Waals surface area contributed by atoms with Gasteiger partial charge in [0.2, 0.25) is 5.91 Å². The summed E-state index contributed by atoms with van der Waals surface area (Å²) < 4.78 is 1.62. The summed E-state index contributed by atoms with van der Waals surface area (Å²) in [7, 11) is 0. The average molecular weight is 349 g/mol. The van der Waals surface area contributed by atoms with E-state index in [0.29, 0.717) is 0 Å². The Kier molecular flexibility index (Phi) is 4.56. The van der Waals surface area contributed by atoms with Crippen LogP contribution in [0, 0.1) is 5.92 Å². The monoisotopic (exact) mass is 349 g/mol. The van der Waals surface area contributed by atoms with Crippen molar-refractivity contribution in [3.8, 4) is 0 Å². The van der Waals surface area contributed by atoms with Gasteiger partial charge in [-0.2, -0.15) is 0 Å². The van der Waals surface area contributed by atoms with Crippen molar-refractivity contribution in [2.45, 2.75) is 26.3 Å². The van der Waals surface area contributed by atoms with Crippen molar-refractivity contribution in [2.24, 2.45) is 5.92 Å². The van der Waals surface area contributed by atoms with E-state index in [-0.39, 0.29) is 12.5 Å². The number of amides is 1. The molecule has 0 atom stereocenters. The number of aromatic nitrogens is 3. The zero-order valence-electron chi connectivity index (χ0n) is 14.9. The third kappa shape index (κ3) is 3.54. The zero-order chi connectivity index (χ0) is 17.9. The second kappa shape index (κ2) is 7.15. The van der Waals surface area contributed by atoms with Crippen molar-refractivity contribution < 1.29 is 4.79 Å². The van der Waals surface area contributed by atoms with E-state index in [1.165, 1.54) is 18.5 Å². The first kappa shape index (κ1) is 16.6. The molecule has 1 saturated heterocycles. The zero-order valence-corrected chi connectivity index (χ0v) is 14.9. The predicted octanol–water partition coefficient (Wildman–Crippen LogP) is 3.31. The van der Waals surface area contributed by atoms with E-state index in [4.69, 9.17) is 0 Å². The minimum absolute atomic E-state index is 0.111. The lowest BCUT2D eigenvalue weighted by Gasteiger charge is -2.32. The number of nitrogens with one attached hydrogen (secondary N) is 1. The van der Waals surface area contributed by atoms with Crippen LogP contribution in [0.5, 0.6) is 0 Å². The third-order valence-corrected chi connectivity index (χ3v) is 5.01. The molecule has 0 aliphatic carbocycles. The van der Waals surface area contributed by atoms with Crippen molar-refractivity contribution in [2.75, 3.05) is 23.3 Å². The van der Waals surface area contributed by atoms with E-state index >= 15 is 0 Å². The van der Waals surface area contributed by atoms with Crippen LogP contribution in [0.1, 0.15) is 19.8 Å². The van der Waals surface area contributed by atoms with Crippen LogP contribution in [0.25, 0.3) is 11.0 Å². The molecule has 1 N–H and O–H groups in total. The number of piperidine rings is 1. The summed E-state index contributed by atoms with van der Waals surface area (Å²) in [5, 5.41) is 11.1. The summed E-state index contributed by atoms with van der Waals surface area (Å²) in [6.07, 6.45) is 2.48. The number of benzene rings is 2. The molecule has 1 amide bonds. The van der Waals surface area contributed by atoms with E-state index < -0.39 is 0 Å². The van der Waals surface area contributed by atoms with Gasteiger partial charge in [-0.05, 0) is 55.2 Å². The lowest BCUT2D eigenvalue weighted by molar-refractivity contribution is -0.116. The quantitative estimate of drug-likeness (QED) is 0.785. The Morgan fingerprint density at radius 3 is 2.62 bits per heavy atom. The highest BCUT2D eigenvalue weighted by Crippen LogP contribution is 2.24. The third-order valence-electron chi connectivity index (χ3n) is 5.01. The van der Waals surface area contributed by atoms with Crippen molar-refractivity contribution in [3.05, 3.63) is 48.5 Å². The summed E-state index contributed by atoms with van der Waals surface area (Å²) in [5.41, 5.74) is 3.67. The van der Waals surface area contributed by atoms with Gasteiger partial charge < -0.3 is 10.2 Å². The molecule has 1 fully saturated rings. The lowest BCUT2D eigenvalue weighted by atomic mass is 9.99. The number of carbonyl (C=O) groups is 1. The number of hydrogen-bond acceptors (Lipinski definition) is 4. The van der Waals surface area contributed by atoms with Crippen LogP contribution in [-0.4, -0.2) is 34.0 Å². The smallest absolute Gasteiger partial charge is 0.246 e. The van der Waals surface area contributed by atoms with Crippen LogP contribution in [0.2, 0.25) is 0 Å². The van der Waals surface area contributed by atoms with Gasteiger partial charge in [-0.1, -0.05) is 24.3 Å². The highest BCUT2D eigenvalue weighted by atomic mass is 16.2. The minimum Gasteiger partial charge on any atom is -0.372 e. The number of fused-ring (bicyclic) bond motifs is 1. The molecular formula is C20H23N5O. The number of hydrogen-bond donors (Lipinski definition) is 1. The Morgan fingerprint density at radius 2 is 1.85 bits per heavy atom. The Bertz CT molecular complexity index is 894. The number of carbonyl (C=O) groups excluding carboxylic acids is 1. The van der Waals surface area contributed by atoms with Gasteiger partial charge in [0.25, 0.3) is 0 Å². The molecule has 1 aliphatic heterocycles. The summed E-state index contributed by atoms with van der Waals surface area (Å²) in [5.74, 6) is 0.706. The van der Waals surface area contributed by atoms with Gasteiger partial charge >= 0.3 is 0 Å². The molecule has 1 aliphatic rings. The number of anilines is 2. The molecular weight excluding hydrogens is 326 g/mol. The lowest BCUT2D eigenvalue weighted by Crippen LogP contribution is -2.32. The maximum atomic E-state index is 12.3. The second-order valence-corrected chi connectivity index (χ2v) is 7.00. The van der Waals surface area contributed by atoms with Gasteiger partial charge in [0.1, 0.15) is 12.1 Å². The van der Waals surface area contributed by atoms with Crippen molar-refractivity contribution >= 4 is 28.3 Å². The van der Waals surface area contributed by atoms with Crippen LogP contribution >= 0.6 is 0 Å². The van der Waals surface area contributed by atoms with E-state index in [9.17, 15) is 4.79 Å². The fraction of sp³-hybridized carbons (Fsp3) is 0.350. The average Bonchev–Trinajstić information content (AvgIpc) is 3.06. The standard InChI is InChI=1S/C20H23N5O/c1-15-10-12-24(13-11-15)17-8-6-16(7-9-17)21-20(26)14-25-19-5-3-2-4-18(19)22-23-25/h2-9,15H,10-14H2,1H3,(H,21,26). The van der Waals surface area contributed by atoms with Crippen LogP contribution < -0.4 is 10.2 Å². The molecule has 4 rings (SSSR count). The second-order valence-electron chi connectivity index (χ2n) is 7.00. The first-order valence-electron chi connectivity index (χ1n) is 9.12. The first-order chi connectivity index (χ1) is 12.7. The highest BCUT2D eigenvalue weighted by Gasteiger charge is 2.16. The first-order valence-corrected chi connectivity index (χ1v) is 9.12. The van der Waals surface area contributed by atoms with Crippen LogP contribution in [0.4, 0.5) is 11.4 Å². The number of para-hydroxylation sites is 1. The van der Waals surface area contributed by atoms with E-state index in [0.717, 1.165) is 35.7 Å². The molecule has 2 aromatic carbocycles. The number of nitrogens with zero attached hydrogens (tertiary/aromatic N) is 4. The molecule has 0 bridgehead atoms.